The van der Waals surface area contributed by atoms with Crippen LogP contribution in [0.3, 0.4) is 0 Å². The molecule has 0 saturated heterocycles. The molecule has 7 heteroatoms. The summed E-state index contributed by atoms with van der Waals surface area (Å²) in [4.78, 5) is 3.74. The Morgan fingerprint density at radius 3 is 2.65 bits per heavy atom. The van der Waals surface area contributed by atoms with Crippen LogP contribution in [0.2, 0.25) is 0 Å². The van der Waals surface area contributed by atoms with Crippen LogP contribution in [-0.4, -0.2) is 29.3 Å². The van der Waals surface area contributed by atoms with Gasteiger partial charge < -0.3 is 4.57 Å². The van der Waals surface area contributed by atoms with E-state index in [9.17, 15) is 12.8 Å². The van der Waals surface area contributed by atoms with Gasteiger partial charge >= 0.3 is 0 Å². The molecule has 0 aliphatic rings. The summed E-state index contributed by atoms with van der Waals surface area (Å²) >= 11 is 0. The molecule has 0 atom stereocenters. The molecule has 0 bridgehead atoms. The maximum atomic E-state index is 13.8. The third-order valence-electron chi connectivity index (χ3n) is 3.06. The summed E-state index contributed by atoms with van der Waals surface area (Å²) in [5.74, 6) is -0.153. The van der Waals surface area contributed by atoms with Gasteiger partial charge in [-0.25, -0.2) is 17.8 Å². The minimum Gasteiger partial charge on any atom is -0.337 e. The summed E-state index contributed by atoms with van der Waals surface area (Å²) in [6.07, 6.45) is 3.31. The van der Waals surface area contributed by atoms with E-state index in [0.29, 0.717) is 11.4 Å². The van der Waals surface area contributed by atoms with Gasteiger partial charge in [0.2, 0.25) is 10.0 Å². The first-order valence-corrected chi connectivity index (χ1v) is 7.45. The molecular formula is C13H16FN3O2S. The summed E-state index contributed by atoms with van der Waals surface area (Å²) in [5.41, 5.74) is 0.674. The summed E-state index contributed by atoms with van der Waals surface area (Å²) in [5, 5.41) is 0. The first kappa shape index (κ1) is 14.7. The van der Waals surface area contributed by atoms with Gasteiger partial charge in [0, 0.05) is 26.5 Å². The third-order valence-corrected chi connectivity index (χ3v) is 4.90. The zero-order valence-corrected chi connectivity index (χ0v) is 12.4. The van der Waals surface area contributed by atoms with Crippen molar-refractivity contribution in [3.63, 3.8) is 0 Å². The van der Waals surface area contributed by atoms with Crippen LogP contribution in [-0.2, 0) is 23.6 Å². The van der Waals surface area contributed by atoms with E-state index in [2.05, 4.69) is 4.98 Å². The predicted molar refractivity (Wildman–Crippen MR) is 73.0 cm³/mol. The van der Waals surface area contributed by atoms with Crippen LogP contribution < -0.4 is 0 Å². The number of hydrogen-bond acceptors (Lipinski definition) is 3. The Morgan fingerprint density at radius 2 is 2.10 bits per heavy atom. The molecule has 0 N–H and O–H groups in total. The maximum absolute atomic E-state index is 13.8. The topological polar surface area (TPSA) is 55.2 Å². The van der Waals surface area contributed by atoms with Crippen molar-refractivity contribution in [2.24, 2.45) is 7.05 Å². The Kier molecular flexibility index (Phi) is 3.92. The Bertz CT molecular complexity index is 725. The normalized spacial score (nSPS) is 12.1. The van der Waals surface area contributed by atoms with Crippen molar-refractivity contribution in [1.82, 2.24) is 13.9 Å². The zero-order valence-electron chi connectivity index (χ0n) is 11.5. The molecule has 0 spiro atoms. The smallest absolute Gasteiger partial charge is 0.246 e. The molecule has 108 valence electrons. The number of rotatable bonds is 4. The first-order valence-electron chi connectivity index (χ1n) is 6.01. The quantitative estimate of drug-likeness (QED) is 0.863. The van der Waals surface area contributed by atoms with Crippen molar-refractivity contribution < 1.29 is 12.8 Å². The van der Waals surface area contributed by atoms with Gasteiger partial charge in [-0.15, -0.1) is 0 Å². The molecule has 1 heterocycles. The molecule has 1 aromatic carbocycles. The SMILES string of the molecule is Cc1ccc(S(=O)(=O)N(C)Cc2nccn2C)c(F)c1. The molecule has 0 unspecified atom stereocenters. The number of halogens is 1. The van der Waals surface area contributed by atoms with E-state index in [1.54, 1.807) is 37.0 Å². The van der Waals surface area contributed by atoms with Crippen LogP contribution >= 0.6 is 0 Å². The lowest BCUT2D eigenvalue weighted by Gasteiger charge is -2.17. The number of hydrogen-bond donors (Lipinski definition) is 0. The van der Waals surface area contributed by atoms with Gasteiger partial charge in [0.25, 0.3) is 0 Å². The molecular weight excluding hydrogens is 281 g/mol. The molecule has 20 heavy (non-hydrogen) atoms. The molecule has 1 aromatic heterocycles. The highest BCUT2D eigenvalue weighted by molar-refractivity contribution is 7.89. The lowest BCUT2D eigenvalue weighted by Crippen LogP contribution is -2.28. The third kappa shape index (κ3) is 2.73. The Labute approximate surface area is 117 Å². The van der Waals surface area contributed by atoms with Gasteiger partial charge in [0.05, 0.1) is 6.54 Å². The summed E-state index contributed by atoms with van der Waals surface area (Å²) < 4.78 is 41.3. The molecule has 0 aliphatic heterocycles. The van der Waals surface area contributed by atoms with E-state index in [-0.39, 0.29) is 11.4 Å². The lowest BCUT2D eigenvalue weighted by atomic mass is 10.2. The maximum Gasteiger partial charge on any atom is 0.246 e. The number of sulfonamides is 1. The van der Waals surface area contributed by atoms with Crippen LogP contribution in [0, 0.1) is 12.7 Å². The fraction of sp³-hybridized carbons (Fsp3) is 0.308. The molecule has 0 saturated carbocycles. The van der Waals surface area contributed by atoms with Gasteiger partial charge in [-0.1, -0.05) is 6.07 Å². The van der Waals surface area contributed by atoms with Crippen molar-refractivity contribution in [2.45, 2.75) is 18.4 Å². The minimum atomic E-state index is -3.87. The van der Waals surface area contributed by atoms with Crippen LogP contribution in [0.5, 0.6) is 0 Å². The van der Waals surface area contributed by atoms with E-state index in [4.69, 9.17) is 0 Å². The molecule has 2 rings (SSSR count). The average molecular weight is 297 g/mol. The number of imidazole rings is 1. The Hall–Kier alpha value is -1.73. The molecule has 0 amide bonds. The summed E-state index contributed by atoms with van der Waals surface area (Å²) in [6, 6.07) is 4.07. The number of nitrogens with zero attached hydrogens (tertiary/aromatic N) is 3. The van der Waals surface area contributed by atoms with Gasteiger partial charge in [-0.3, -0.25) is 0 Å². The fourth-order valence-electron chi connectivity index (χ4n) is 1.82. The Morgan fingerprint density at radius 1 is 1.40 bits per heavy atom. The predicted octanol–water partition coefficient (Wildman–Crippen LogP) is 1.69. The first-order chi connectivity index (χ1) is 9.32. The van der Waals surface area contributed by atoms with Crippen molar-refractivity contribution in [3.8, 4) is 0 Å². The zero-order chi connectivity index (χ0) is 14.9. The monoisotopic (exact) mass is 297 g/mol. The number of benzene rings is 1. The van der Waals surface area contributed by atoms with Crippen molar-refractivity contribution >= 4 is 10.0 Å². The molecule has 0 aliphatic carbocycles. The van der Waals surface area contributed by atoms with Gasteiger partial charge in [0.15, 0.2) is 0 Å². The molecule has 5 nitrogen and oxygen atoms in total. The van der Waals surface area contributed by atoms with Crippen molar-refractivity contribution in [3.05, 3.63) is 47.8 Å². The summed E-state index contributed by atoms with van der Waals surface area (Å²) in [7, 11) is -0.695. The fourth-order valence-corrected chi connectivity index (χ4v) is 2.98. The van der Waals surface area contributed by atoms with Crippen molar-refractivity contribution in [2.75, 3.05) is 7.05 Å². The van der Waals surface area contributed by atoms with E-state index < -0.39 is 15.8 Å². The second-order valence-corrected chi connectivity index (χ2v) is 6.66. The number of aryl methyl sites for hydroxylation is 2. The van der Waals surface area contributed by atoms with Gasteiger partial charge in [-0.2, -0.15) is 4.31 Å². The van der Waals surface area contributed by atoms with Crippen LogP contribution in [0.25, 0.3) is 0 Å². The van der Waals surface area contributed by atoms with E-state index >= 15 is 0 Å². The second kappa shape index (κ2) is 5.34. The average Bonchev–Trinajstić information content (AvgIpc) is 2.74. The second-order valence-electron chi connectivity index (χ2n) is 4.65. The minimum absolute atomic E-state index is 0.0825. The van der Waals surface area contributed by atoms with Crippen LogP contribution in [0.4, 0.5) is 4.39 Å². The van der Waals surface area contributed by atoms with Gasteiger partial charge in [0.1, 0.15) is 16.5 Å². The molecule has 2 aromatic rings. The van der Waals surface area contributed by atoms with Crippen molar-refractivity contribution in [1.29, 1.82) is 0 Å². The van der Waals surface area contributed by atoms with Gasteiger partial charge in [-0.05, 0) is 24.6 Å². The lowest BCUT2D eigenvalue weighted by molar-refractivity contribution is 0.445. The van der Waals surface area contributed by atoms with E-state index in [1.807, 2.05) is 0 Å². The molecule has 0 radical (unpaired) electrons. The highest BCUT2D eigenvalue weighted by Crippen LogP contribution is 2.20. The Balaban J connectivity index is 2.32. The highest BCUT2D eigenvalue weighted by Gasteiger charge is 2.25. The van der Waals surface area contributed by atoms with Crippen LogP contribution in [0.1, 0.15) is 11.4 Å². The highest BCUT2D eigenvalue weighted by atomic mass is 32.2. The summed E-state index contributed by atoms with van der Waals surface area (Å²) in [6.45, 7) is 1.79. The largest absolute Gasteiger partial charge is 0.337 e. The van der Waals surface area contributed by atoms with Crippen LogP contribution in [0.15, 0.2) is 35.5 Å². The van der Waals surface area contributed by atoms with E-state index in [0.717, 1.165) is 4.31 Å². The standard InChI is InChI=1S/C13H16FN3O2S/c1-10-4-5-12(11(14)8-10)20(18,19)17(3)9-13-15-6-7-16(13)2/h4-8H,9H2,1-3H3. The van der Waals surface area contributed by atoms with E-state index in [1.165, 1.54) is 19.2 Å². The molecule has 0 fully saturated rings. The number of aromatic nitrogens is 2.